The maximum atomic E-state index is 13.1. The van der Waals surface area contributed by atoms with Crippen LogP contribution < -0.4 is 4.74 Å². The van der Waals surface area contributed by atoms with Gasteiger partial charge in [-0.3, -0.25) is 4.79 Å². The lowest BCUT2D eigenvalue weighted by Crippen LogP contribution is -2.58. The largest absolute Gasteiger partial charge is 0.490 e. The molecule has 1 atom stereocenters. The maximum absolute atomic E-state index is 13.1. The van der Waals surface area contributed by atoms with Crippen molar-refractivity contribution in [3.05, 3.63) is 64.2 Å². The summed E-state index contributed by atoms with van der Waals surface area (Å²) in [6, 6.07) is 15.3. The molecular weight excluding hydrogens is 396 g/mol. The van der Waals surface area contributed by atoms with Gasteiger partial charge in [-0.05, 0) is 48.6 Å². The number of carbonyl (C=O) groups is 1. The number of ether oxygens (including phenoxy) is 1. The summed E-state index contributed by atoms with van der Waals surface area (Å²) in [7, 11) is 0. The van der Waals surface area contributed by atoms with E-state index in [1.165, 1.54) is 12.0 Å². The SMILES string of the molecule is CC(C)c1ccc(C(=O)N2CCC(Oc3ccc(C#N)c(Cl)c3)C3(CCC3)C2)cc1. The molecule has 0 bridgehead atoms. The first-order chi connectivity index (χ1) is 14.4. The van der Waals surface area contributed by atoms with Gasteiger partial charge in [0, 0.05) is 36.6 Å². The topological polar surface area (TPSA) is 53.3 Å². The molecule has 0 N–H and O–H groups in total. The van der Waals surface area contributed by atoms with Gasteiger partial charge in [-0.25, -0.2) is 0 Å². The normalized spacial score (nSPS) is 20.0. The average molecular weight is 423 g/mol. The van der Waals surface area contributed by atoms with E-state index in [0.29, 0.717) is 28.8 Å². The van der Waals surface area contributed by atoms with E-state index in [0.717, 1.165) is 31.4 Å². The van der Waals surface area contributed by atoms with Gasteiger partial charge in [0.25, 0.3) is 5.91 Å². The molecule has 1 heterocycles. The number of benzene rings is 2. The van der Waals surface area contributed by atoms with Crippen LogP contribution in [0, 0.1) is 16.7 Å². The predicted octanol–water partition coefficient (Wildman–Crippen LogP) is 5.80. The molecule has 0 radical (unpaired) electrons. The van der Waals surface area contributed by atoms with Crippen LogP contribution in [0.2, 0.25) is 5.02 Å². The van der Waals surface area contributed by atoms with Crippen molar-refractivity contribution < 1.29 is 9.53 Å². The van der Waals surface area contributed by atoms with Crippen molar-refractivity contribution in [2.45, 2.75) is 51.6 Å². The van der Waals surface area contributed by atoms with Gasteiger partial charge in [0.05, 0.1) is 10.6 Å². The Morgan fingerprint density at radius 3 is 2.53 bits per heavy atom. The molecule has 0 aromatic heterocycles. The first kappa shape index (κ1) is 20.8. The number of carbonyl (C=O) groups excluding carboxylic acids is 1. The van der Waals surface area contributed by atoms with Crippen LogP contribution in [0.3, 0.4) is 0 Å². The Morgan fingerprint density at radius 1 is 1.23 bits per heavy atom. The molecule has 30 heavy (non-hydrogen) atoms. The predicted molar refractivity (Wildman–Crippen MR) is 118 cm³/mol. The van der Waals surface area contributed by atoms with Crippen LogP contribution in [0.1, 0.15) is 66.9 Å². The molecule has 1 unspecified atom stereocenters. The summed E-state index contributed by atoms with van der Waals surface area (Å²) in [5.41, 5.74) is 2.46. The Hall–Kier alpha value is -2.51. The quantitative estimate of drug-likeness (QED) is 0.625. The van der Waals surface area contributed by atoms with E-state index in [2.05, 4.69) is 32.0 Å². The monoisotopic (exact) mass is 422 g/mol. The molecule has 1 aliphatic carbocycles. The van der Waals surface area contributed by atoms with Crippen molar-refractivity contribution in [2.75, 3.05) is 13.1 Å². The van der Waals surface area contributed by atoms with E-state index in [9.17, 15) is 4.79 Å². The zero-order valence-corrected chi connectivity index (χ0v) is 18.3. The van der Waals surface area contributed by atoms with Gasteiger partial charge in [-0.1, -0.05) is 44.0 Å². The lowest BCUT2D eigenvalue weighted by molar-refractivity contribution is -0.0705. The van der Waals surface area contributed by atoms with Gasteiger partial charge in [0.2, 0.25) is 0 Å². The van der Waals surface area contributed by atoms with Crippen molar-refractivity contribution in [3.8, 4) is 11.8 Å². The number of halogens is 1. The molecule has 1 aliphatic heterocycles. The molecule has 4 rings (SSSR count). The van der Waals surface area contributed by atoms with Gasteiger partial charge in [-0.2, -0.15) is 5.26 Å². The number of nitrogens with zero attached hydrogens (tertiary/aromatic N) is 2. The van der Waals surface area contributed by atoms with Gasteiger partial charge in [0.15, 0.2) is 0 Å². The molecule has 5 heteroatoms. The summed E-state index contributed by atoms with van der Waals surface area (Å²) in [6.45, 7) is 5.72. The number of rotatable bonds is 4. The Balaban J connectivity index is 1.47. The van der Waals surface area contributed by atoms with Crippen LogP contribution in [0.5, 0.6) is 5.75 Å². The lowest BCUT2D eigenvalue weighted by atomic mass is 9.62. The number of piperidine rings is 1. The number of nitriles is 1. The molecule has 1 saturated carbocycles. The number of likely N-dealkylation sites (tertiary alicyclic amines) is 1. The van der Waals surface area contributed by atoms with Crippen LogP contribution in [-0.4, -0.2) is 30.0 Å². The fourth-order valence-corrected chi connectivity index (χ4v) is 4.84. The minimum atomic E-state index is 0.00611. The highest BCUT2D eigenvalue weighted by atomic mass is 35.5. The number of hydrogen-bond acceptors (Lipinski definition) is 3. The summed E-state index contributed by atoms with van der Waals surface area (Å²) in [6.07, 6.45) is 4.16. The molecule has 2 aromatic rings. The molecule has 4 nitrogen and oxygen atoms in total. The summed E-state index contributed by atoms with van der Waals surface area (Å²) < 4.78 is 6.34. The average Bonchev–Trinajstić information content (AvgIpc) is 2.72. The summed E-state index contributed by atoms with van der Waals surface area (Å²) in [5, 5.41) is 9.48. The van der Waals surface area contributed by atoms with Crippen LogP contribution in [-0.2, 0) is 0 Å². The van der Waals surface area contributed by atoms with Gasteiger partial charge < -0.3 is 9.64 Å². The van der Waals surface area contributed by atoms with E-state index in [4.69, 9.17) is 21.6 Å². The molecule has 2 fully saturated rings. The standard InChI is InChI=1S/C25H27ClN2O2/c1-17(2)18-4-6-19(7-5-18)24(29)28-13-10-23(25(16-28)11-3-12-25)30-21-9-8-20(15-27)22(26)14-21/h4-9,14,17,23H,3,10-13,16H2,1-2H3. The highest BCUT2D eigenvalue weighted by molar-refractivity contribution is 6.31. The smallest absolute Gasteiger partial charge is 0.253 e. The Bertz CT molecular complexity index is 974. The summed E-state index contributed by atoms with van der Waals surface area (Å²) >= 11 is 6.17. The highest BCUT2D eigenvalue weighted by Gasteiger charge is 2.50. The van der Waals surface area contributed by atoms with Gasteiger partial charge in [-0.15, -0.1) is 0 Å². The minimum absolute atomic E-state index is 0.00611. The van der Waals surface area contributed by atoms with Crippen molar-refractivity contribution >= 4 is 17.5 Å². The second-order valence-corrected chi connectivity index (χ2v) is 9.28. The Morgan fingerprint density at radius 2 is 1.97 bits per heavy atom. The second kappa shape index (κ2) is 8.32. The second-order valence-electron chi connectivity index (χ2n) is 8.87. The van der Waals surface area contributed by atoms with E-state index in [1.807, 2.05) is 23.1 Å². The first-order valence-electron chi connectivity index (χ1n) is 10.7. The zero-order chi connectivity index (χ0) is 21.3. The third kappa shape index (κ3) is 3.91. The Labute approximate surface area is 183 Å². The lowest BCUT2D eigenvalue weighted by Gasteiger charge is -2.53. The molecule has 1 amide bonds. The maximum Gasteiger partial charge on any atom is 0.253 e. The van der Waals surface area contributed by atoms with Crippen molar-refractivity contribution in [3.63, 3.8) is 0 Å². The van der Waals surface area contributed by atoms with E-state index >= 15 is 0 Å². The minimum Gasteiger partial charge on any atom is -0.490 e. The first-order valence-corrected chi connectivity index (χ1v) is 11.1. The summed E-state index contributed by atoms with van der Waals surface area (Å²) in [5.74, 6) is 1.26. The molecule has 1 spiro atoms. The van der Waals surface area contributed by atoms with Gasteiger partial charge in [0.1, 0.15) is 17.9 Å². The molecular formula is C25H27ClN2O2. The molecule has 156 valence electrons. The molecule has 2 aromatic carbocycles. The fourth-order valence-electron chi connectivity index (χ4n) is 4.63. The van der Waals surface area contributed by atoms with Crippen molar-refractivity contribution in [1.29, 1.82) is 5.26 Å². The van der Waals surface area contributed by atoms with Crippen LogP contribution in [0.25, 0.3) is 0 Å². The van der Waals surface area contributed by atoms with E-state index in [1.54, 1.807) is 12.1 Å². The third-order valence-electron chi connectivity index (χ3n) is 6.65. The number of amides is 1. The van der Waals surface area contributed by atoms with Crippen LogP contribution >= 0.6 is 11.6 Å². The molecule has 2 aliphatic rings. The highest BCUT2D eigenvalue weighted by Crippen LogP contribution is 2.49. The Kier molecular flexibility index (Phi) is 5.75. The third-order valence-corrected chi connectivity index (χ3v) is 6.96. The van der Waals surface area contributed by atoms with Crippen molar-refractivity contribution in [2.24, 2.45) is 5.41 Å². The van der Waals surface area contributed by atoms with Gasteiger partial charge >= 0.3 is 0 Å². The van der Waals surface area contributed by atoms with E-state index in [-0.39, 0.29) is 17.4 Å². The van der Waals surface area contributed by atoms with Crippen LogP contribution in [0.4, 0.5) is 0 Å². The van der Waals surface area contributed by atoms with E-state index < -0.39 is 0 Å². The summed E-state index contributed by atoms with van der Waals surface area (Å²) in [4.78, 5) is 15.1. The zero-order valence-electron chi connectivity index (χ0n) is 17.5. The van der Waals surface area contributed by atoms with Crippen LogP contribution in [0.15, 0.2) is 42.5 Å². The number of hydrogen-bond donors (Lipinski definition) is 0. The van der Waals surface area contributed by atoms with Crippen molar-refractivity contribution in [1.82, 2.24) is 4.90 Å². The molecule has 1 saturated heterocycles. The fraction of sp³-hybridized carbons (Fsp3) is 0.440.